The maximum Gasteiger partial charge on any atom is 0.251 e. The van der Waals surface area contributed by atoms with E-state index >= 15 is 0 Å². The number of hydrogen-bond acceptors (Lipinski definition) is 3. The summed E-state index contributed by atoms with van der Waals surface area (Å²) < 4.78 is 5.57. The summed E-state index contributed by atoms with van der Waals surface area (Å²) in [5.41, 5.74) is 0.659. The molecule has 2 rings (SSSR count). The molecule has 2 atom stereocenters. The molecule has 116 valence electrons. The number of ether oxygens (including phenoxy) is 1. The van der Waals surface area contributed by atoms with Gasteiger partial charge in [-0.15, -0.1) is 0 Å². The third-order valence-electron chi connectivity index (χ3n) is 3.88. The molecule has 1 aromatic carbocycles. The van der Waals surface area contributed by atoms with Crippen LogP contribution in [0, 0.1) is 0 Å². The topological polar surface area (TPSA) is 50.4 Å². The third kappa shape index (κ3) is 4.74. The molecule has 1 amide bonds. The van der Waals surface area contributed by atoms with Gasteiger partial charge in [-0.1, -0.05) is 19.4 Å². The predicted octanol–water partition coefficient (Wildman–Crippen LogP) is 2.74. The van der Waals surface area contributed by atoms with Gasteiger partial charge in [-0.25, -0.2) is 0 Å². The summed E-state index contributed by atoms with van der Waals surface area (Å²) in [4.78, 5) is 12.3. The maximum absolute atomic E-state index is 12.3. The van der Waals surface area contributed by atoms with Crippen LogP contribution in [0.4, 0.5) is 0 Å². The van der Waals surface area contributed by atoms with E-state index in [4.69, 9.17) is 4.74 Å². The molecule has 4 nitrogen and oxygen atoms in total. The lowest BCUT2D eigenvalue weighted by atomic mass is 9.99. The maximum atomic E-state index is 12.3. The molecule has 2 unspecified atom stereocenters. The van der Waals surface area contributed by atoms with E-state index in [2.05, 4.69) is 24.5 Å². The summed E-state index contributed by atoms with van der Waals surface area (Å²) in [6.45, 7) is 5.85. The molecule has 1 aliphatic rings. The summed E-state index contributed by atoms with van der Waals surface area (Å²) in [5, 5.41) is 6.57. The Morgan fingerprint density at radius 3 is 3.05 bits per heavy atom. The van der Waals surface area contributed by atoms with Crippen LogP contribution in [-0.4, -0.2) is 31.1 Å². The third-order valence-corrected chi connectivity index (χ3v) is 3.88. The first kappa shape index (κ1) is 15.8. The molecule has 0 spiro atoms. The van der Waals surface area contributed by atoms with Crippen LogP contribution in [0.25, 0.3) is 0 Å². The second-order valence-corrected chi connectivity index (χ2v) is 5.69. The van der Waals surface area contributed by atoms with Gasteiger partial charge in [0.1, 0.15) is 5.75 Å². The summed E-state index contributed by atoms with van der Waals surface area (Å²) in [5.74, 6) is 0.727. The highest BCUT2D eigenvalue weighted by Crippen LogP contribution is 2.15. The van der Waals surface area contributed by atoms with Crippen molar-refractivity contribution in [1.82, 2.24) is 10.6 Å². The van der Waals surface area contributed by atoms with Crippen LogP contribution in [0.2, 0.25) is 0 Å². The van der Waals surface area contributed by atoms with Crippen molar-refractivity contribution in [2.45, 2.75) is 51.6 Å². The highest BCUT2D eigenvalue weighted by atomic mass is 16.5. The molecule has 0 aromatic heterocycles. The van der Waals surface area contributed by atoms with E-state index in [-0.39, 0.29) is 11.9 Å². The van der Waals surface area contributed by atoms with E-state index in [1.54, 1.807) is 0 Å². The minimum absolute atomic E-state index is 0.0307. The van der Waals surface area contributed by atoms with E-state index in [9.17, 15) is 4.79 Å². The van der Waals surface area contributed by atoms with E-state index in [1.165, 1.54) is 12.8 Å². The van der Waals surface area contributed by atoms with Gasteiger partial charge in [-0.3, -0.25) is 4.79 Å². The van der Waals surface area contributed by atoms with Gasteiger partial charge in [0.2, 0.25) is 0 Å². The Labute approximate surface area is 127 Å². The van der Waals surface area contributed by atoms with Crippen LogP contribution in [0.5, 0.6) is 5.75 Å². The van der Waals surface area contributed by atoms with Crippen molar-refractivity contribution in [3.05, 3.63) is 29.8 Å². The zero-order valence-electron chi connectivity index (χ0n) is 13.0. The molecule has 1 aromatic rings. The van der Waals surface area contributed by atoms with Gasteiger partial charge in [-0.05, 0) is 50.9 Å². The second kappa shape index (κ2) is 8.03. The molecule has 1 saturated heterocycles. The lowest BCUT2D eigenvalue weighted by Gasteiger charge is -2.29. The van der Waals surface area contributed by atoms with Crippen molar-refractivity contribution < 1.29 is 9.53 Å². The SMILES string of the molecule is CCCOc1cccc(C(=O)NC(C)C2CCCCN2)c1. The standard InChI is InChI=1S/C17H26N2O2/c1-3-11-21-15-8-6-7-14(12-15)17(20)19-13(2)16-9-4-5-10-18-16/h6-8,12-13,16,18H,3-5,9-11H2,1-2H3,(H,19,20). The molecule has 0 aliphatic carbocycles. The average molecular weight is 290 g/mol. The number of rotatable bonds is 6. The van der Waals surface area contributed by atoms with Gasteiger partial charge in [-0.2, -0.15) is 0 Å². The molecule has 0 bridgehead atoms. The lowest BCUT2D eigenvalue weighted by molar-refractivity contribution is 0.0927. The van der Waals surface area contributed by atoms with Crippen LogP contribution in [0.3, 0.4) is 0 Å². The van der Waals surface area contributed by atoms with Gasteiger partial charge in [0.25, 0.3) is 5.91 Å². The molecular weight excluding hydrogens is 264 g/mol. The Hall–Kier alpha value is -1.55. The van der Waals surface area contributed by atoms with Crippen LogP contribution in [0.1, 0.15) is 49.9 Å². The lowest BCUT2D eigenvalue weighted by Crippen LogP contribution is -2.50. The molecular formula is C17H26N2O2. The first-order chi connectivity index (χ1) is 10.2. The van der Waals surface area contributed by atoms with Crippen LogP contribution in [0.15, 0.2) is 24.3 Å². The van der Waals surface area contributed by atoms with Gasteiger partial charge in [0, 0.05) is 17.6 Å². The largest absolute Gasteiger partial charge is 0.494 e. The summed E-state index contributed by atoms with van der Waals surface area (Å²) >= 11 is 0. The Morgan fingerprint density at radius 2 is 2.33 bits per heavy atom. The quantitative estimate of drug-likeness (QED) is 0.847. The van der Waals surface area contributed by atoms with Crippen molar-refractivity contribution in [2.24, 2.45) is 0 Å². The molecule has 4 heteroatoms. The van der Waals surface area contributed by atoms with Crippen molar-refractivity contribution >= 4 is 5.91 Å². The highest BCUT2D eigenvalue weighted by Gasteiger charge is 2.21. The number of benzene rings is 1. The fourth-order valence-corrected chi connectivity index (χ4v) is 2.64. The van der Waals surface area contributed by atoms with E-state index in [1.807, 2.05) is 24.3 Å². The number of nitrogens with one attached hydrogen (secondary N) is 2. The first-order valence-electron chi connectivity index (χ1n) is 7.98. The number of piperidine rings is 1. The zero-order chi connectivity index (χ0) is 15.1. The Kier molecular flexibility index (Phi) is 6.05. The van der Waals surface area contributed by atoms with Gasteiger partial charge >= 0.3 is 0 Å². The van der Waals surface area contributed by atoms with E-state index in [0.29, 0.717) is 18.2 Å². The van der Waals surface area contributed by atoms with Crippen LogP contribution < -0.4 is 15.4 Å². The molecule has 1 heterocycles. The fourth-order valence-electron chi connectivity index (χ4n) is 2.64. The highest BCUT2D eigenvalue weighted by molar-refractivity contribution is 5.94. The van der Waals surface area contributed by atoms with Crippen molar-refractivity contribution in [2.75, 3.05) is 13.2 Å². The molecule has 2 N–H and O–H groups in total. The summed E-state index contributed by atoms with van der Waals surface area (Å²) in [6.07, 6.45) is 4.55. The van der Waals surface area contributed by atoms with Gasteiger partial charge in [0.15, 0.2) is 0 Å². The minimum Gasteiger partial charge on any atom is -0.494 e. The first-order valence-corrected chi connectivity index (χ1v) is 7.98. The van der Waals surface area contributed by atoms with E-state index < -0.39 is 0 Å². The molecule has 0 radical (unpaired) electrons. The summed E-state index contributed by atoms with van der Waals surface area (Å²) in [7, 11) is 0. The van der Waals surface area contributed by atoms with Crippen LogP contribution >= 0.6 is 0 Å². The normalized spacial score (nSPS) is 19.8. The average Bonchev–Trinajstić information content (AvgIpc) is 2.54. The van der Waals surface area contributed by atoms with Crippen LogP contribution in [-0.2, 0) is 0 Å². The predicted molar refractivity (Wildman–Crippen MR) is 84.8 cm³/mol. The number of amides is 1. The number of hydrogen-bond donors (Lipinski definition) is 2. The molecule has 1 aliphatic heterocycles. The van der Waals surface area contributed by atoms with Crippen molar-refractivity contribution in [1.29, 1.82) is 0 Å². The van der Waals surface area contributed by atoms with Crippen molar-refractivity contribution in [3.8, 4) is 5.75 Å². The molecule has 1 fully saturated rings. The van der Waals surface area contributed by atoms with E-state index in [0.717, 1.165) is 25.1 Å². The Bertz CT molecular complexity index is 456. The monoisotopic (exact) mass is 290 g/mol. The molecule has 21 heavy (non-hydrogen) atoms. The zero-order valence-corrected chi connectivity index (χ0v) is 13.0. The second-order valence-electron chi connectivity index (χ2n) is 5.69. The fraction of sp³-hybridized carbons (Fsp3) is 0.588. The van der Waals surface area contributed by atoms with Gasteiger partial charge in [0.05, 0.1) is 6.61 Å². The Balaban J connectivity index is 1.92. The van der Waals surface area contributed by atoms with Crippen molar-refractivity contribution in [3.63, 3.8) is 0 Å². The summed E-state index contributed by atoms with van der Waals surface area (Å²) in [6, 6.07) is 7.91. The number of carbonyl (C=O) groups is 1. The smallest absolute Gasteiger partial charge is 0.251 e. The molecule has 0 saturated carbocycles. The minimum atomic E-state index is -0.0307. The Morgan fingerprint density at radius 1 is 1.48 bits per heavy atom. The van der Waals surface area contributed by atoms with Gasteiger partial charge < -0.3 is 15.4 Å². The number of carbonyl (C=O) groups excluding carboxylic acids is 1.